The van der Waals surface area contributed by atoms with E-state index < -0.39 is 0 Å². The van der Waals surface area contributed by atoms with Gasteiger partial charge in [0.25, 0.3) is 0 Å². The van der Waals surface area contributed by atoms with Crippen LogP contribution in [0.25, 0.3) is 0 Å². The minimum Gasteiger partial charge on any atom is -0.380 e. The summed E-state index contributed by atoms with van der Waals surface area (Å²) in [6.45, 7) is 3.55. The van der Waals surface area contributed by atoms with Gasteiger partial charge in [-0.2, -0.15) is 0 Å². The molecule has 2 rings (SSSR count). The van der Waals surface area contributed by atoms with E-state index in [1.54, 1.807) is 0 Å². The third kappa shape index (κ3) is 2.22. The highest BCUT2D eigenvalue weighted by Gasteiger charge is 2.27. The molecular weight excluding hydrogens is 164 g/mol. The Hall–Kier alpha value is -0.120. The molecule has 0 bridgehead atoms. The molecule has 0 radical (unpaired) electrons. The van der Waals surface area contributed by atoms with Gasteiger partial charge in [-0.15, -0.1) is 0 Å². The van der Waals surface area contributed by atoms with E-state index in [0.717, 1.165) is 12.5 Å². The normalized spacial score (nSPS) is 34.8. The molecule has 3 nitrogen and oxygen atoms in total. The average molecular weight is 184 g/mol. The number of nitrogens with one attached hydrogen (secondary N) is 2. The van der Waals surface area contributed by atoms with Crippen LogP contribution in [-0.4, -0.2) is 38.9 Å². The molecule has 2 atom stereocenters. The highest BCUT2D eigenvalue weighted by molar-refractivity contribution is 4.86. The van der Waals surface area contributed by atoms with Crippen LogP contribution in [-0.2, 0) is 4.74 Å². The molecule has 1 aliphatic heterocycles. The molecule has 0 spiro atoms. The maximum absolute atomic E-state index is 5.43. The molecule has 1 saturated carbocycles. The Balaban J connectivity index is 1.67. The Morgan fingerprint density at radius 1 is 1.38 bits per heavy atom. The SMILES string of the molecule is COC1CCCC1NCC1CNC1. The number of ether oxygens (including phenoxy) is 1. The molecular formula is C10H20N2O. The van der Waals surface area contributed by atoms with Crippen molar-refractivity contribution >= 4 is 0 Å². The predicted molar refractivity (Wildman–Crippen MR) is 52.8 cm³/mol. The lowest BCUT2D eigenvalue weighted by molar-refractivity contribution is 0.0827. The van der Waals surface area contributed by atoms with Gasteiger partial charge in [-0.3, -0.25) is 0 Å². The fourth-order valence-corrected chi connectivity index (χ4v) is 2.25. The van der Waals surface area contributed by atoms with Crippen LogP contribution in [0.1, 0.15) is 19.3 Å². The van der Waals surface area contributed by atoms with Crippen LogP contribution in [0.4, 0.5) is 0 Å². The van der Waals surface area contributed by atoms with Crippen molar-refractivity contribution in [2.24, 2.45) is 5.92 Å². The number of hydrogen-bond acceptors (Lipinski definition) is 3. The van der Waals surface area contributed by atoms with Crippen molar-refractivity contribution in [1.29, 1.82) is 0 Å². The number of hydrogen-bond donors (Lipinski definition) is 2. The number of rotatable bonds is 4. The van der Waals surface area contributed by atoms with Crippen LogP contribution in [0, 0.1) is 5.92 Å². The van der Waals surface area contributed by atoms with Gasteiger partial charge in [-0.25, -0.2) is 0 Å². The zero-order valence-electron chi connectivity index (χ0n) is 8.38. The highest BCUT2D eigenvalue weighted by atomic mass is 16.5. The molecule has 13 heavy (non-hydrogen) atoms. The molecule has 3 heteroatoms. The van der Waals surface area contributed by atoms with Crippen molar-refractivity contribution in [3.63, 3.8) is 0 Å². The molecule has 2 fully saturated rings. The molecule has 1 saturated heterocycles. The van der Waals surface area contributed by atoms with Crippen molar-refractivity contribution in [3.05, 3.63) is 0 Å². The zero-order valence-corrected chi connectivity index (χ0v) is 8.38. The first-order valence-corrected chi connectivity index (χ1v) is 5.37. The van der Waals surface area contributed by atoms with Crippen molar-refractivity contribution in [3.8, 4) is 0 Å². The topological polar surface area (TPSA) is 33.3 Å². The third-order valence-electron chi connectivity index (χ3n) is 3.29. The molecule has 1 heterocycles. The molecule has 0 aromatic carbocycles. The lowest BCUT2D eigenvalue weighted by Crippen LogP contribution is -2.50. The lowest BCUT2D eigenvalue weighted by Gasteiger charge is -2.29. The van der Waals surface area contributed by atoms with Crippen LogP contribution in [0.5, 0.6) is 0 Å². The second-order valence-electron chi connectivity index (χ2n) is 4.24. The van der Waals surface area contributed by atoms with E-state index in [0.29, 0.717) is 12.1 Å². The minimum atomic E-state index is 0.466. The van der Waals surface area contributed by atoms with Gasteiger partial charge in [0.05, 0.1) is 6.10 Å². The standard InChI is InChI=1S/C10H20N2O/c1-13-10-4-2-3-9(10)12-7-8-5-11-6-8/h8-12H,2-7H2,1H3. The molecule has 76 valence electrons. The summed E-state index contributed by atoms with van der Waals surface area (Å²) in [5, 5.41) is 6.91. The van der Waals surface area contributed by atoms with E-state index >= 15 is 0 Å². The van der Waals surface area contributed by atoms with Gasteiger partial charge in [-0.05, 0) is 25.2 Å². The highest BCUT2D eigenvalue weighted by Crippen LogP contribution is 2.21. The monoisotopic (exact) mass is 184 g/mol. The maximum atomic E-state index is 5.43. The summed E-state index contributed by atoms with van der Waals surface area (Å²) in [5.41, 5.74) is 0. The van der Waals surface area contributed by atoms with E-state index in [9.17, 15) is 0 Å². The van der Waals surface area contributed by atoms with Crippen molar-refractivity contribution < 1.29 is 4.74 Å². The van der Waals surface area contributed by atoms with Crippen LogP contribution in [0.2, 0.25) is 0 Å². The molecule has 2 unspecified atom stereocenters. The van der Waals surface area contributed by atoms with Gasteiger partial charge >= 0.3 is 0 Å². The van der Waals surface area contributed by atoms with Crippen molar-refractivity contribution in [2.45, 2.75) is 31.4 Å². The fourth-order valence-electron chi connectivity index (χ4n) is 2.25. The maximum Gasteiger partial charge on any atom is 0.0724 e. The van der Waals surface area contributed by atoms with Gasteiger partial charge in [-0.1, -0.05) is 0 Å². The average Bonchev–Trinajstić information content (AvgIpc) is 2.49. The first kappa shape index (κ1) is 9.44. The summed E-state index contributed by atoms with van der Waals surface area (Å²) in [5.74, 6) is 0.859. The van der Waals surface area contributed by atoms with Crippen LogP contribution in [0.15, 0.2) is 0 Å². The largest absolute Gasteiger partial charge is 0.380 e. The third-order valence-corrected chi connectivity index (χ3v) is 3.29. The summed E-state index contributed by atoms with van der Waals surface area (Å²) >= 11 is 0. The smallest absolute Gasteiger partial charge is 0.0724 e. The molecule has 0 aromatic rings. The first-order valence-electron chi connectivity index (χ1n) is 5.37. The molecule has 0 aromatic heterocycles. The van der Waals surface area contributed by atoms with Gasteiger partial charge in [0.1, 0.15) is 0 Å². The first-order chi connectivity index (χ1) is 6.40. The van der Waals surface area contributed by atoms with E-state index in [2.05, 4.69) is 10.6 Å². The quantitative estimate of drug-likeness (QED) is 0.662. The Kier molecular flexibility index (Phi) is 3.19. The lowest BCUT2D eigenvalue weighted by atomic mass is 10.0. The molecule has 1 aliphatic carbocycles. The summed E-state index contributed by atoms with van der Waals surface area (Å²) in [6, 6.07) is 0.616. The van der Waals surface area contributed by atoms with E-state index in [4.69, 9.17) is 4.74 Å². The summed E-state index contributed by atoms with van der Waals surface area (Å²) < 4.78 is 5.43. The molecule has 2 aliphatic rings. The summed E-state index contributed by atoms with van der Waals surface area (Å²) in [4.78, 5) is 0. The van der Waals surface area contributed by atoms with Crippen molar-refractivity contribution in [1.82, 2.24) is 10.6 Å². The van der Waals surface area contributed by atoms with E-state index in [1.165, 1.54) is 32.4 Å². The van der Waals surface area contributed by atoms with E-state index in [1.807, 2.05) is 7.11 Å². The Morgan fingerprint density at radius 3 is 2.85 bits per heavy atom. The number of methoxy groups -OCH3 is 1. The van der Waals surface area contributed by atoms with Crippen LogP contribution >= 0.6 is 0 Å². The van der Waals surface area contributed by atoms with E-state index in [-0.39, 0.29) is 0 Å². The summed E-state index contributed by atoms with van der Waals surface area (Å²) in [7, 11) is 1.83. The van der Waals surface area contributed by atoms with Gasteiger partial charge in [0.2, 0.25) is 0 Å². The molecule has 2 N–H and O–H groups in total. The summed E-state index contributed by atoms with van der Waals surface area (Å²) in [6.07, 6.45) is 4.31. The van der Waals surface area contributed by atoms with Gasteiger partial charge in [0.15, 0.2) is 0 Å². The predicted octanol–water partition coefficient (Wildman–Crippen LogP) is 0.363. The fraction of sp³-hybridized carbons (Fsp3) is 1.00. The minimum absolute atomic E-state index is 0.466. The zero-order chi connectivity index (χ0) is 9.10. The van der Waals surface area contributed by atoms with Crippen LogP contribution in [0.3, 0.4) is 0 Å². The van der Waals surface area contributed by atoms with Crippen molar-refractivity contribution in [2.75, 3.05) is 26.7 Å². The molecule has 0 amide bonds. The van der Waals surface area contributed by atoms with Gasteiger partial charge < -0.3 is 15.4 Å². The van der Waals surface area contributed by atoms with Crippen LogP contribution < -0.4 is 10.6 Å². The Labute approximate surface area is 80.2 Å². The second-order valence-corrected chi connectivity index (χ2v) is 4.24. The Morgan fingerprint density at radius 2 is 2.23 bits per heavy atom. The second kappa shape index (κ2) is 4.40. The van der Waals surface area contributed by atoms with Gasteiger partial charge in [0, 0.05) is 32.8 Å². The Bertz CT molecular complexity index is 159.